The lowest BCUT2D eigenvalue weighted by atomic mass is 10.3. The molecule has 8 heteroatoms. The quantitative estimate of drug-likeness (QED) is 0.628. The van der Waals surface area contributed by atoms with Crippen molar-refractivity contribution >= 4 is 92.8 Å². The van der Waals surface area contributed by atoms with E-state index in [1.54, 1.807) is 0 Å². The summed E-state index contributed by atoms with van der Waals surface area (Å²) < 4.78 is -3.54. The van der Waals surface area contributed by atoms with E-state index in [0.29, 0.717) is 0 Å². The van der Waals surface area contributed by atoms with Gasteiger partial charge in [-0.2, -0.15) is 0 Å². The molecular formula is C4H2Cl8. The normalized spacial score (nSPS) is 16.8. The summed E-state index contributed by atoms with van der Waals surface area (Å²) in [7, 11) is 0. The van der Waals surface area contributed by atoms with E-state index in [4.69, 9.17) is 92.8 Å². The molecule has 12 heavy (non-hydrogen) atoms. The van der Waals surface area contributed by atoms with Crippen LogP contribution in [0.1, 0.15) is 0 Å². The van der Waals surface area contributed by atoms with Crippen molar-refractivity contribution in [2.24, 2.45) is 0 Å². The SMILES string of the molecule is ClC(Cl)C(Cl)(Cl)C(Cl)C(Cl)(Cl)Cl. The van der Waals surface area contributed by atoms with Gasteiger partial charge < -0.3 is 0 Å². The maximum absolute atomic E-state index is 5.62. The van der Waals surface area contributed by atoms with Crippen LogP contribution in [-0.2, 0) is 0 Å². The molecule has 74 valence electrons. The van der Waals surface area contributed by atoms with Crippen LogP contribution in [0.3, 0.4) is 0 Å². The van der Waals surface area contributed by atoms with Gasteiger partial charge in [0.1, 0.15) is 10.2 Å². The third-order valence-electron chi connectivity index (χ3n) is 0.916. The summed E-state index contributed by atoms with van der Waals surface area (Å²) >= 11 is 44.0. The van der Waals surface area contributed by atoms with Crippen LogP contribution in [-0.4, -0.2) is 18.3 Å². The van der Waals surface area contributed by atoms with Crippen molar-refractivity contribution in [2.75, 3.05) is 0 Å². The first-order valence-corrected chi connectivity index (χ1v) is 5.66. The van der Waals surface area contributed by atoms with E-state index in [2.05, 4.69) is 0 Å². The summed E-state index contributed by atoms with van der Waals surface area (Å²) in [6, 6.07) is 0. The highest BCUT2D eigenvalue weighted by molar-refractivity contribution is 6.73. The average Bonchev–Trinajstić information content (AvgIpc) is 1.83. The van der Waals surface area contributed by atoms with Gasteiger partial charge in [0.15, 0.2) is 4.33 Å². The summed E-state index contributed by atoms with van der Waals surface area (Å²) in [5.74, 6) is 0. The minimum Gasteiger partial charge on any atom is -0.115 e. The minimum atomic E-state index is -1.83. The second kappa shape index (κ2) is 4.90. The molecule has 0 spiro atoms. The van der Waals surface area contributed by atoms with Crippen LogP contribution < -0.4 is 0 Å². The second-order valence-corrected chi connectivity index (χ2v) is 7.23. The third kappa shape index (κ3) is 3.82. The number of rotatable bonds is 2. The molecule has 1 unspecified atom stereocenters. The summed E-state index contributed by atoms with van der Waals surface area (Å²) in [4.78, 5) is -1.15. The predicted molar refractivity (Wildman–Crippen MR) is 59.9 cm³/mol. The van der Waals surface area contributed by atoms with Crippen molar-refractivity contribution in [1.82, 2.24) is 0 Å². The van der Waals surface area contributed by atoms with Crippen LogP contribution in [0, 0.1) is 0 Å². The van der Waals surface area contributed by atoms with Gasteiger partial charge in [-0.25, -0.2) is 0 Å². The predicted octanol–water partition coefficient (Wildman–Crippen LogP) is 4.94. The lowest BCUT2D eigenvalue weighted by Crippen LogP contribution is -2.41. The maximum atomic E-state index is 5.62. The van der Waals surface area contributed by atoms with Crippen LogP contribution in [0.5, 0.6) is 0 Å². The Bertz CT molecular complexity index is 146. The molecule has 0 aromatic rings. The Morgan fingerprint density at radius 3 is 1.17 bits per heavy atom. The first kappa shape index (κ1) is 14.3. The Kier molecular flexibility index (Phi) is 5.84. The number of hydrogen-bond donors (Lipinski definition) is 0. The highest BCUT2D eigenvalue weighted by atomic mass is 35.6. The molecule has 0 aromatic carbocycles. The third-order valence-corrected chi connectivity index (χ3v) is 4.81. The highest BCUT2D eigenvalue weighted by Crippen LogP contribution is 2.48. The Morgan fingerprint density at radius 2 is 1.08 bits per heavy atom. The molecule has 0 heterocycles. The zero-order valence-electron chi connectivity index (χ0n) is 5.18. The molecule has 0 aliphatic carbocycles. The van der Waals surface area contributed by atoms with Crippen molar-refractivity contribution in [2.45, 2.75) is 18.3 Å². The molecule has 0 aliphatic heterocycles. The van der Waals surface area contributed by atoms with Crippen LogP contribution >= 0.6 is 92.8 Å². The minimum absolute atomic E-state index is 1.15. The molecule has 0 amide bonds. The van der Waals surface area contributed by atoms with Gasteiger partial charge in [0.25, 0.3) is 0 Å². The Balaban J connectivity index is 4.57. The Labute approximate surface area is 110 Å². The van der Waals surface area contributed by atoms with Crippen LogP contribution in [0.4, 0.5) is 0 Å². The molecule has 0 bridgehead atoms. The monoisotopic (exact) mass is 330 g/mol. The van der Waals surface area contributed by atoms with Crippen LogP contribution in [0.25, 0.3) is 0 Å². The number of hydrogen-bond acceptors (Lipinski definition) is 0. The maximum Gasteiger partial charge on any atom is 0.209 e. The zero-order chi connectivity index (χ0) is 10.2. The smallest absolute Gasteiger partial charge is 0.115 e. The molecule has 0 rings (SSSR count). The van der Waals surface area contributed by atoms with E-state index in [9.17, 15) is 0 Å². The zero-order valence-corrected chi connectivity index (χ0v) is 11.2. The van der Waals surface area contributed by atoms with Crippen molar-refractivity contribution in [1.29, 1.82) is 0 Å². The van der Waals surface area contributed by atoms with Crippen molar-refractivity contribution in [3.8, 4) is 0 Å². The van der Waals surface area contributed by atoms with Gasteiger partial charge in [-0.1, -0.05) is 58.0 Å². The van der Waals surface area contributed by atoms with Crippen molar-refractivity contribution in [3.63, 3.8) is 0 Å². The summed E-state index contributed by atoms with van der Waals surface area (Å²) in [6.07, 6.45) is 0. The summed E-state index contributed by atoms with van der Waals surface area (Å²) in [6.45, 7) is 0. The topological polar surface area (TPSA) is 0 Å². The first-order chi connectivity index (χ1) is 5.10. The fourth-order valence-corrected chi connectivity index (χ4v) is 2.01. The van der Waals surface area contributed by atoms with Crippen molar-refractivity contribution < 1.29 is 0 Å². The standard InChI is InChI=1S/C4H2Cl8/c5-1(4(10,11)12)3(8,9)2(6)7/h1-2H. The molecule has 0 aromatic heterocycles. The van der Waals surface area contributed by atoms with Crippen LogP contribution in [0.15, 0.2) is 0 Å². The molecule has 0 radical (unpaired) electrons. The van der Waals surface area contributed by atoms with Gasteiger partial charge in [-0.05, 0) is 0 Å². The molecule has 0 aliphatic rings. The molecular weight excluding hydrogens is 332 g/mol. The highest BCUT2D eigenvalue weighted by Gasteiger charge is 2.50. The van der Waals surface area contributed by atoms with Crippen LogP contribution in [0.2, 0.25) is 0 Å². The van der Waals surface area contributed by atoms with E-state index >= 15 is 0 Å². The van der Waals surface area contributed by atoms with E-state index < -0.39 is 18.3 Å². The van der Waals surface area contributed by atoms with Gasteiger partial charge >= 0.3 is 0 Å². The van der Waals surface area contributed by atoms with E-state index in [1.807, 2.05) is 0 Å². The largest absolute Gasteiger partial charge is 0.209 e. The fourth-order valence-electron chi connectivity index (χ4n) is 0.329. The second-order valence-electron chi connectivity index (χ2n) is 1.88. The van der Waals surface area contributed by atoms with E-state index in [-0.39, 0.29) is 0 Å². The van der Waals surface area contributed by atoms with Crippen molar-refractivity contribution in [3.05, 3.63) is 0 Å². The summed E-state index contributed by atoms with van der Waals surface area (Å²) in [5, 5.41) is -1.21. The molecule has 0 nitrogen and oxygen atoms in total. The van der Waals surface area contributed by atoms with Gasteiger partial charge in [0.2, 0.25) is 3.79 Å². The van der Waals surface area contributed by atoms with Gasteiger partial charge in [-0.15, -0.1) is 34.8 Å². The fraction of sp³-hybridized carbons (Fsp3) is 1.00. The van der Waals surface area contributed by atoms with E-state index in [1.165, 1.54) is 0 Å². The first-order valence-electron chi connectivity index (χ1n) is 2.47. The lowest BCUT2D eigenvalue weighted by molar-refractivity contribution is 0.759. The molecule has 0 saturated heterocycles. The number of alkyl halides is 8. The molecule has 0 fully saturated rings. The van der Waals surface area contributed by atoms with Gasteiger partial charge in [-0.3, -0.25) is 0 Å². The Hall–Kier alpha value is 2.32. The van der Waals surface area contributed by atoms with Gasteiger partial charge in [0, 0.05) is 0 Å². The molecule has 0 saturated carbocycles. The molecule has 1 atom stereocenters. The molecule has 0 N–H and O–H groups in total. The average molecular weight is 334 g/mol. The van der Waals surface area contributed by atoms with Gasteiger partial charge in [0.05, 0.1) is 0 Å². The Morgan fingerprint density at radius 1 is 0.750 bits per heavy atom. The lowest BCUT2D eigenvalue weighted by Gasteiger charge is -2.30. The summed E-state index contributed by atoms with van der Waals surface area (Å²) in [5.41, 5.74) is 0. The van der Waals surface area contributed by atoms with E-state index in [0.717, 1.165) is 0 Å². The number of halogens is 8.